The number of nitrogens with zero attached hydrogens (tertiary/aromatic N) is 2. The monoisotopic (exact) mass is 391 g/mol. The summed E-state index contributed by atoms with van der Waals surface area (Å²) in [7, 11) is 0. The summed E-state index contributed by atoms with van der Waals surface area (Å²) in [5.41, 5.74) is 7.51. The molecule has 1 fully saturated rings. The average Bonchev–Trinajstić information content (AvgIpc) is 2.40. The summed E-state index contributed by atoms with van der Waals surface area (Å²) in [6, 6.07) is 5.21. The highest BCUT2D eigenvalue weighted by atomic mass is 127. The Kier molecular flexibility index (Phi) is 6.71. The van der Waals surface area contributed by atoms with E-state index in [1.54, 1.807) is 13.0 Å². The van der Waals surface area contributed by atoms with Gasteiger partial charge in [0, 0.05) is 13.1 Å². The molecule has 1 aromatic rings. The number of benzene rings is 1. The van der Waals surface area contributed by atoms with Crippen molar-refractivity contribution in [1.82, 2.24) is 4.90 Å². The second kappa shape index (κ2) is 7.81. The van der Waals surface area contributed by atoms with Crippen molar-refractivity contribution >= 4 is 29.9 Å². The minimum absolute atomic E-state index is 0. The fourth-order valence-corrected chi connectivity index (χ4v) is 2.24. The summed E-state index contributed by atoms with van der Waals surface area (Å²) in [6.45, 7) is 6.40. The van der Waals surface area contributed by atoms with E-state index in [1.807, 2.05) is 6.07 Å². The molecule has 0 aliphatic carbocycles. The predicted octanol–water partition coefficient (Wildman–Crippen LogP) is 3.30. The largest absolute Gasteiger partial charge is 0.370 e. The molecule has 1 heterocycles. The molecule has 1 aromatic carbocycles. The highest BCUT2D eigenvalue weighted by Crippen LogP contribution is 2.16. The van der Waals surface area contributed by atoms with Crippen molar-refractivity contribution in [2.75, 3.05) is 13.1 Å². The fourth-order valence-electron chi connectivity index (χ4n) is 2.24. The third kappa shape index (κ3) is 4.61. The number of piperidine rings is 1. The first-order valence-corrected chi connectivity index (χ1v) is 6.86. The Bertz CT molecular complexity index is 468. The van der Waals surface area contributed by atoms with Crippen LogP contribution in [0.2, 0.25) is 0 Å². The van der Waals surface area contributed by atoms with Gasteiger partial charge in [0.1, 0.15) is 5.82 Å². The Morgan fingerprint density at radius 2 is 2.05 bits per heavy atom. The van der Waals surface area contributed by atoms with Crippen LogP contribution >= 0.6 is 24.0 Å². The summed E-state index contributed by atoms with van der Waals surface area (Å²) < 4.78 is 13.4. The number of rotatable bonds is 2. The van der Waals surface area contributed by atoms with Crippen LogP contribution < -0.4 is 5.73 Å². The maximum atomic E-state index is 13.4. The highest BCUT2D eigenvalue weighted by molar-refractivity contribution is 14.0. The second-order valence-electron chi connectivity index (χ2n) is 5.43. The first kappa shape index (κ1) is 17.2. The number of halogens is 2. The number of aliphatic imine (C=N–C) groups is 1. The molecule has 0 bridgehead atoms. The smallest absolute Gasteiger partial charge is 0.191 e. The van der Waals surface area contributed by atoms with Gasteiger partial charge in [0.25, 0.3) is 0 Å². The minimum Gasteiger partial charge on any atom is -0.370 e. The standard InChI is InChI=1S/C15H22FN3.HI/c1-11-5-7-19(8-6-11)15(17)18-10-13-4-3-12(2)14(16)9-13;/h3-4,9,11H,5-8,10H2,1-2H3,(H2,17,18);1H. The van der Waals surface area contributed by atoms with Crippen molar-refractivity contribution in [3.05, 3.63) is 35.1 Å². The Morgan fingerprint density at radius 1 is 1.40 bits per heavy atom. The lowest BCUT2D eigenvalue weighted by Gasteiger charge is -2.31. The molecule has 3 nitrogen and oxygen atoms in total. The number of guanidine groups is 1. The lowest BCUT2D eigenvalue weighted by atomic mass is 10.00. The van der Waals surface area contributed by atoms with Gasteiger partial charge in [-0.2, -0.15) is 0 Å². The molecule has 2 rings (SSSR count). The normalized spacial score (nSPS) is 16.9. The maximum absolute atomic E-state index is 13.4. The number of hydrogen-bond donors (Lipinski definition) is 1. The molecule has 112 valence electrons. The van der Waals surface area contributed by atoms with Gasteiger partial charge in [-0.15, -0.1) is 24.0 Å². The van der Waals surface area contributed by atoms with E-state index in [0.29, 0.717) is 18.1 Å². The Balaban J connectivity index is 0.00000200. The molecule has 0 spiro atoms. The molecule has 2 N–H and O–H groups in total. The number of aryl methyl sites for hydroxylation is 1. The molecule has 0 radical (unpaired) electrons. The van der Waals surface area contributed by atoms with Crippen LogP contribution in [0.1, 0.15) is 30.9 Å². The SMILES string of the molecule is Cc1ccc(CN=C(N)N2CCC(C)CC2)cc1F.I. The van der Waals surface area contributed by atoms with Crippen molar-refractivity contribution < 1.29 is 4.39 Å². The van der Waals surface area contributed by atoms with E-state index in [1.165, 1.54) is 6.07 Å². The average molecular weight is 391 g/mol. The van der Waals surface area contributed by atoms with Gasteiger partial charge in [-0.05, 0) is 42.9 Å². The number of likely N-dealkylation sites (tertiary alicyclic amines) is 1. The van der Waals surface area contributed by atoms with Crippen LogP contribution in [0.3, 0.4) is 0 Å². The van der Waals surface area contributed by atoms with Gasteiger partial charge < -0.3 is 10.6 Å². The van der Waals surface area contributed by atoms with E-state index in [-0.39, 0.29) is 29.8 Å². The molecule has 0 amide bonds. The van der Waals surface area contributed by atoms with Gasteiger partial charge in [-0.25, -0.2) is 9.38 Å². The summed E-state index contributed by atoms with van der Waals surface area (Å²) in [6.07, 6.45) is 2.32. The van der Waals surface area contributed by atoms with E-state index in [9.17, 15) is 4.39 Å². The van der Waals surface area contributed by atoms with Crippen LogP contribution in [-0.4, -0.2) is 23.9 Å². The fraction of sp³-hybridized carbons (Fsp3) is 0.533. The zero-order valence-corrected chi connectivity index (χ0v) is 14.4. The van der Waals surface area contributed by atoms with Crippen molar-refractivity contribution in [2.45, 2.75) is 33.2 Å². The lowest BCUT2D eigenvalue weighted by Crippen LogP contribution is -2.42. The van der Waals surface area contributed by atoms with Gasteiger partial charge in [0.2, 0.25) is 0 Å². The van der Waals surface area contributed by atoms with Crippen molar-refractivity contribution in [2.24, 2.45) is 16.6 Å². The first-order chi connectivity index (χ1) is 9.06. The molecule has 1 saturated heterocycles. The molecular formula is C15H23FIN3. The van der Waals surface area contributed by atoms with E-state index in [0.717, 1.165) is 37.4 Å². The first-order valence-electron chi connectivity index (χ1n) is 6.86. The van der Waals surface area contributed by atoms with Gasteiger partial charge in [0.15, 0.2) is 5.96 Å². The zero-order valence-electron chi connectivity index (χ0n) is 12.1. The summed E-state index contributed by atoms with van der Waals surface area (Å²) in [4.78, 5) is 6.48. The third-order valence-electron chi connectivity index (χ3n) is 3.77. The molecule has 0 unspecified atom stereocenters. The summed E-state index contributed by atoms with van der Waals surface area (Å²) >= 11 is 0. The topological polar surface area (TPSA) is 41.6 Å². The van der Waals surface area contributed by atoms with Crippen LogP contribution in [0.4, 0.5) is 4.39 Å². The Morgan fingerprint density at radius 3 is 2.65 bits per heavy atom. The van der Waals surface area contributed by atoms with E-state index < -0.39 is 0 Å². The molecule has 5 heteroatoms. The summed E-state index contributed by atoms with van der Waals surface area (Å²) in [5, 5.41) is 0. The zero-order chi connectivity index (χ0) is 13.8. The van der Waals surface area contributed by atoms with E-state index in [2.05, 4.69) is 16.8 Å². The van der Waals surface area contributed by atoms with Crippen molar-refractivity contribution in [3.8, 4) is 0 Å². The van der Waals surface area contributed by atoms with Crippen LogP contribution in [0.15, 0.2) is 23.2 Å². The molecular weight excluding hydrogens is 368 g/mol. The van der Waals surface area contributed by atoms with Crippen LogP contribution in [0, 0.1) is 18.7 Å². The highest BCUT2D eigenvalue weighted by Gasteiger charge is 2.16. The van der Waals surface area contributed by atoms with E-state index >= 15 is 0 Å². The summed E-state index contributed by atoms with van der Waals surface area (Å²) in [5.74, 6) is 1.17. The molecule has 20 heavy (non-hydrogen) atoms. The number of hydrogen-bond acceptors (Lipinski definition) is 1. The van der Waals surface area contributed by atoms with Crippen LogP contribution in [0.25, 0.3) is 0 Å². The maximum Gasteiger partial charge on any atom is 0.191 e. The van der Waals surface area contributed by atoms with Gasteiger partial charge >= 0.3 is 0 Å². The molecule has 0 atom stereocenters. The molecule has 0 aromatic heterocycles. The second-order valence-corrected chi connectivity index (χ2v) is 5.43. The van der Waals surface area contributed by atoms with Gasteiger partial charge in [-0.3, -0.25) is 0 Å². The predicted molar refractivity (Wildman–Crippen MR) is 91.8 cm³/mol. The van der Waals surface area contributed by atoms with Crippen molar-refractivity contribution in [1.29, 1.82) is 0 Å². The van der Waals surface area contributed by atoms with Crippen LogP contribution in [0.5, 0.6) is 0 Å². The number of nitrogens with two attached hydrogens (primary N) is 1. The Labute approximate surface area is 137 Å². The molecule has 0 saturated carbocycles. The lowest BCUT2D eigenvalue weighted by molar-refractivity contribution is 0.277. The quantitative estimate of drug-likeness (QED) is 0.478. The minimum atomic E-state index is -0.182. The van der Waals surface area contributed by atoms with Gasteiger partial charge in [-0.1, -0.05) is 19.1 Å². The van der Waals surface area contributed by atoms with Crippen LogP contribution in [-0.2, 0) is 6.54 Å². The van der Waals surface area contributed by atoms with Crippen molar-refractivity contribution in [3.63, 3.8) is 0 Å². The van der Waals surface area contributed by atoms with E-state index in [4.69, 9.17) is 5.73 Å². The van der Waals surface area contributed by atoms with Gasteiger partial charge in [0.05, 0.1) is 6.54 Å². The molecule has 1 aliphatic heterocycles. The third-order valence-corrected chi connectivity index (χ3v) is 3.77. The Hall–Kier alpha value is -0.850. The molecule has 1 aliphatic rings.